The first-order chi connectivity index (χ1) is 10.2. The molecule has 0 radical (unpaired) electrons. The van der Waals surface area contributed by atoms with Crippen LogP contribution in [-0.4, -0.2) is 11.3 Å². The van der Waals surface area contributed by atoms with E-state index in [1.807, 2.05) is 0 Å². The molecule has 0 saturated carbocycles. The Balaban J connectivity index is 2.78. The van der Waals surface area contributed by atoms with Crippen LogP contribution in [0, 0.1) is 6.92 Å². The minimum absolute atomic E-state index is 0.174. The first-order valence-electron chi connectivity index (χ1n) is 6.80. The van der Waals surface area contributed by atoms with Gasteiger partial charge in [0.05, 0.1) is 0 Å². The van der Waals surface area contributed by atoms with Gasteiger partial charge in [-0.15, -0.1) is 0 Å². The van der Waals surface area contributed by atoms with Crippen molar-refractivity contribution in [3.63, 3.8) is 0 Å². The molecule has 0 aliphatic rings. The number of hydrogen-bond donors (Lipinski definition) is 1. The number of hydrogen-bond acceptors (Lipinski definition) is 1. The van der Waals surface area contributed by atoms with Crippen molar-refractivity contribution >= 4 is 5.57 Å². The van der Waals surface area contributed by atoms with Gasteiger partial charge in [0.1, 0.15) is 0 Å². The monoisotopic (exact) mass is 306 g/mol. The fraction of sp³-hybridized carbons (Fsp3) is 0.222. The van der Waals surface area contributed by atoms with Gasteiger partial charge in [-0.1, -0.05) is 60.7 Å². The molecule has 0 aliphatic carbocycles. The zero-order chi connectivity index (χ0) is 16.5. The second-order valence-electron chi connectivity index (χ2n) is 5.33. The van der Waals surface area contributed by atoms with Crippen molar-refractivity contribution in [2.24, 2.45) is 0 Å². The fourth-order valence-electron chi connectivity index (χ4n) is 2.64. The highest BCUT2D eigenvalue weighted by atomic mass is 19.4. The molecule has 0 fully saturated rings. The smallest absolute Gasteiger partial charge is 0.372 e. The Kier molecular flexibility index (Phi) is 4.16. The number of halogens is 3. The van der Waals surface area contributed by atoms with Gasteiger partial charge >= 0.3 is 6.18 Å². The van der Waals surface area contributed by atoms with Crippen LogP contribution in [-0.2, 0) is 5.60 Å². The highest BCUT2D eigenvalue weighted by molar-refractivity contribution is 5.66. The van der Waals surface area contributed by atoms with E-state index in [9.17, 15) is 18.3 Å². The van der Waals surface area contributed by atoms with Gasteiger partial charge in [-0.3, -0.25) is 0 Å². The van der Waals surface area contributed by atoms with Gasteiger partial charge < -0.3 is 5.11 Å². The van der Waals surface area contributed by atoms with Crippen LogP contribution < -0.4 is 0 Å². The van der Waals surface area contributed by atoms with Gasteiger partial charge in [-0.25, -0.2) is 0 Å². The molecular weight excluding hydrogens is 289 g/mol. The van der Waals surface area contributed by atoms with Gasteiger partial charge in [0.2, 0.25) is 5.60 Å². The van der Waals surface area contributed by atoms with Crippen LogP contribution in [0.5, 0.6) is 0 Å². The Morgan fingerprint density at radius 3 is 2.09 bits per heavy atom. The number of alkyl halides is 3. The standard InChI is InChI=1S/C18H17F3O/c1-12(2)15-10-7-11-16(13(15)3)17(22,18(19,20)21)14-8-5-4-6-9-14/h4-11,22H,1H2,2-3H3. The summed E-state index contributed by atoms with van der Waals surface area (Å²) in [4.78, 5) is 0. The van der Waals surface area contributed by atoms with Crippen molar-refractivity contribution in [3.05, 3.63) is 77.4 Å². The summed E-state index contributed by atoms with van der Waals surface area (Å²) in [7, 11) is 0. The second-order valence-corrected chi connectivity index (χ2v) is 5.33. The molecule has 1 atom stereocenters. The third kappa shape index (κ3) is 2.55. The lowest BCUT2D eigenvalue weighted by molar-refractivity contribution is -0.248. The molecule has 2 aromatic carbocycles. The van der Waals surface area contributed by atoms with E-state index in [1.165, 1.54) is 36.4 Å². The molecule has 4 heteroatoms. The quantitative estimate of drug-likeness (QED) is 0.861. The topological polar surface area (TPSA) is 20.2 Å². The maximum absolute atomic E-state index is 13.7. The molecule has 0 saturated heterocycles. The van der Waals surface area contributed by atoms with Crippen LogP contribution in [0.15, 0.2) is 55.1 Å². The van der Waals surface area contributed by atoms with E-state index in [0.717, 1.165) is 0 Å². The Bertz CT molecular complexity index is 689. The summed E-state index contributed by atoms with van der Waals surface area (Å²) in [5, 5.41) is 10.6. The molecule has 1 unspecified atom stereocenters. The van der Waals surface area contributed by atoms with Crippen molar-refractivity contribution in [3.8, 4) is 0 Å². The summed E-state index contributed by atoms with van der Waals surface area (Å²) in [6, 6.07) is 11.6. The minimum Gasteiger partial charge on any atom is -0.372 e. The predicted octanol–water partition coefficient (Wildman–Crippen LogP) is 4.83. The molecule has 22 heavy (non-hydrogen) atoms. The maximum Gasteiger partial charge on any atom is 0.425 e. The molecule has 0 aliphatic heterocycles. The minimum atomic E-state index is -4.84. The van der Waals surface area contributed by atoms with E-state index in [2.05, 4.69) is 6.58 Å². The van der Waals surface area contributed by atoms with Crippen LogP contribution in [0.4, 0.5) is 13.2 Å². The normalized spacial score (nSPS) is 14.5. The van der Waals surface area contributed by atoms with E-state index in [0.29, 0.717) is 16.7 Å². The van der Waals surface area contributed by atoms with Crippen molar-refractivity contribution in [1.29, 1.82) is 0 Å². The number of aliphatic hydroxyl groups is 1. The van der Waals surface area contributed by atoms with Gasteiger partial charge in [-0.05, 0) is 30.5 Å². The SMILES string of the molecule is C=C(C)c1cccc(C(O)(c2ccccc2)C(F)(F)F)c1C. The summed E-state index contributed by atoms with van der Waals surface area (Å²) < 4.78 is 41.1. The van der Waals surface area contributed by atoms with Crippen LogP contribution in [0.3, 0.4) is 0 Å². The van der Waals surface area contributed by atoms with Gasteiger partial charge in [-0.2, -0.15) is 13.2 Å². The lowest BCUT2D eigenvalue weighted by Crippen LogP contribution is -2.44. The molecule has 2 rings (SSSR count). The average molecular weight is 306 g/mol. The Morgan fingerprint density at radius 2 is 1.59 bits per heavy atom. The lowest BCUT2D eigenvalue weighted by Gasteiger charge is -2.33. The zero-order valence-corrected chi connectivity index (χ0v) is 12.4. The van der Waals surface area contributed by atoms with E-state index in [1.54, 1.807) is 26.0 Å². The van der Waals surface area contributed by atoms with Crippen molar-refractivity contribution in [1.82, 2.24) is 0 Å². The van der Waals surface area contributed by atoms with Crippen molar-refractivity contribution in [2.75, 3.05) is 0 Å². The number of allylic oxidation sites excluding steroid dienone is 1. The van der Waals surface area contributed by atoms with Crippen molar-refractivity contribution in [2.45, 2.75) is 25.6 Å². The van der Waals surface area contributed by atoms with E-state index in [-0.39, 0.29) is 11.1 Å². The average Bonchev–Trinajstić information content (AvgIpc) is 2.46. The number of rotatable bonds is 3. The molecule has 0 spiro atoms. The van der Waals surface area contributed by atoms with Gasteiger partial charge in [0.15, 0.2) is 0 Å². The number of benzene rings is 2. The Morgan fingerprint density at radius 1 is 1.00 bits per heavy atom. The Hall–Kier alpha value is -2.07. The third-order valence-corrected chi connectivity index (χ3v) is 3.79. The first kappa shape index (κ1) is 16.3. The van der Waals surface area contributed by atoms with Crippen LogP contribution in [0.2, 0.25) is 0 Å². The molecule has 0 heterocycles. The van der Waals surface area contributed by atoms with Gasteiger partial charge in [0.25, 0.3) is 0 Å². The van der Waals surface area contributed by atoms with E-state index in [4.69, 9.17) is 0 Å². The molecule has 116 valence electrons. The largest absolute Gasteiger partial charge is 0.425 e. The molecule has 1 N–H and O–H groups in total. The van der Waals surface area contributed by atoms with E-state index >= 15 is 0 Å². The van der Waals surface area contributed by atoms with Crippen LogP contribution in [0.1, 0.15) is 29.2 Å². The second kappa shape index (κ2) is 5.61. The first-order valence-corrected chi connectivity index (χ1v) is 6.80. The predicted molar refractivity (Wildman–Crippen MR) is 81.4 cm³/mol. The highest BCUT2D eigenvalue weighted by Gasteiger charge is 2.56. The van der Waals surface area contributed by atoms with E-state index < -0.39 is 11.8 Å². The van der Waals surface area contributed by atoms with Gasteiger partial charge in [0, 0.05) is 5.56 Å². The molecule has 0 bridgehead atoms. The molecule has 2 aromatic rings. The molecular formula is C18H17F3O. The molecule has 1 nitrogen and oxygen atoms in total. The third-order valence-electron chi connectivity index (χ3n) is 3.79. The summed E-state index contributed by atoms with van der Waals surface area (Å²) >= 11 is 0. The fourth-order valence-corrected chi connectivity index (χ4v) is 2.64. The van der Waals surface area contributed by atoms with Crippen molar-refractivity contribution < 1.29 is 18.3 Å². The summed E-state index contributed by atoms with van der Waals surface area (Å²) in [6.45, 7) is 7.07. The summed E-state index contributed by atoms with van der Waals surface area (Å²) in [5.41, 5.74) is -1.80. The summed E-state index contributed by atoms with van der Waals surface area (Å²) in [5.74, 6) is 0. The highest BCUT2D eigenvalue weighted by Crippen LogP contribution is 2.45. The molecule has 0 amide bonds. The summed E-state index contributed by atoms with van der Waals surface area (Å²) in [6.07, 6.45) is -4.84. The lowest BCUT2D eigenvalue weighted by atomic mass is 9.81. The van der Waals surface area contributed by atoms with Crippen LogP contribution in [0.25, 0.3) is 5.57 Å². The maximum atomic E-state index is 13.7. The zero-order valence-electron chi connectivity index (χ0n) is 12.4. The van der Waals surface area contributed by atoms with Crippen LogP contribution >= 0.6 is 0 Å². The molecule has 0 aromatic heterocycles. The Labute approximate surface area is 127 Å².